The Kier molecular flexibility index (Phi) is 8.21. The van der Waals surface area contributed by atoms with E-state index in [9.17, 15) is 4.79 Å². The first kappa shape index (κ1) is 12.8. The summed E-state index contributed by atoms with van der Waals surface area (Å²) >= 11 is 5.60. The van der Waals surface area contributed by atoms with E-state index in [1.54, 1.807) is 0 Å². The predicted octanol–water partition coefficient (Wildman–Crippen LogP) is 3.13. The largest absolute Gasteiger partial charge is 0.463 e. The monoisotopic (exact) mass is 206 g/mol. The molecule has 0 rings (SSSR count). The Hall–Kier alpha value is -0.240. The molecule has 0 radical (unpaired) electrons. The van der Waals surface area contributed by atoms with Crippen LogP contribution in [-0.2, 0) is 9.53 Å². The summed E-state index contributed by atoms with van der Waals surface area (Å²) in [6.45, 7) is 3.60. The molecule has 3 heteroatoms. The number of hydrogen-bond acceptors (Lipinski definition) is 2. The molecule has 0 spiro atoms. The SMILES string of the molecule is CCCCCC(CCCl)OC(C)=O. The van der Waals surface area contributed by atoms with Crippen molar-refractivity contribution < 1.29 is 9.53 Å². The van der Waals surface area contributed by atoms with E-state index >= 15 is 0 Å². The van der Waals surface area contributed by atoms with E-state index in [1.807, 2.05) is 0 Å². The molecule has 0 aliphatic heterocycles. The van der Waals surface area contributed by atoms with Crippen molar-refractivity contribution in [2.75, 3.05) is 5.88 Å². The average molecular weight is 207 g/mol. The standard InChI is InChI=1S/C10H19ClO2/c1-3-4-5-6-10(7-8-11)13-9(2)12/h10H,3-8H2,1-2H3. The molecule has 0 aromatic heterocycles. The van der Waals surface area contributed by atoms with E-state index in [4.69, 9.17) is 16.3 Å². The molecule has 0 saturated heterocycles. The first-order chi connectivity index (χ1) is 6.20. The molecule has 0 aromatic carbocycles. The van der Waals surface area contributed by atoms with Gasteiger partial charge in [-0.1, -0.05) is 19.8 Å². The molecular weight excluding hydrogens is 188 g/mol. The fourth-order valence-electron chi connectivity index (χ4n) is 1.24. The minimum atomic E-state index is -0.202. The van der Waals surface area contributed by atoms with E-state index in [-0.39, 0.29) is 12.1 Å². The van der Waals surface area contributed by atoms with Crippen LogP contribution < -0.4 is 0 Å². The Morgan fingerprint density at radius 3 is 2.54 bits per heavy atom. The Balaban J connectivity index is 3.59. The van der Waals surface area contributed by atoms with Gasteiger partial charge in [0.05, 0.1) is 0 Å². The van der Waals surface area contributed by atoms with Crippen LogP contribution in [0, 0.1) is 0 Å². The van der Waals surface area contributed by atoms with E-state index in [0.29, 0.717) is 5.88 Å². The van der Waals surface area contributed by atoms with Crippen molar-refractivity contribution >= 4 is 17.6 Å². The molecule has 0 amide bonds. The van der Waals surface area contributed by atoms with Crippen molar-refractivity contribution in [3.8, 4) is 0 Å². The van der Waals surface area contributed by atoms with Crippen molar-refractivity contribution in [2.45, 2.75) is 52.1 Å². The van der Waals surface area contributed by atoms with E-state index in [2.05, 4.69) is 6.92 Å². The van der Waals surface area contributed by atoms with Crippen LogP contribution in [-0.4, -0.2) is 18.0 Å². The first-order valence-electron chi connectivity index (χ1n) is 4.93. The Morgan fingerprint density at radius 2 is 2.08 bits per heavy atom. The molecule has 78 valence electrons. The Labute approximate surface area is 85.6 Å². The van der Waals surface area contributed by atoms with E-state index < -0.39 is 0 Å². The second-order valence-corrected chi connectivity index (χ2v) is 3.58. The van der Waals surface area contributed by atoms with E-state index in [0.717, 1.165) is 19.3 Å². The third kappa shape index (κ3) is 8.10. The number of halogens is 1. The molecule has 0 N–H and O–H groups in total. The lowest BCUT2D eigenvalue weighted by atomic mass is 10.1. The molecule has 13 heavy (non-hydrogen) atoms. The third-order valence-electron chi connectivity index (χ3n) is 1.89. The number of esters is 1. The lowest BCUT2D eigenvalue weighted by molar-refractivity contribution is -0.146. The zero-order valence-corrected chi connectivity index (χ0v) is 9.27. The van der Waals surface area contributed by atoms with Crippen molar-refractivity contribution in [3.05, 3.63) is 0 Å². The van der Waals surface area contributed by atoms with Gasteiger partial charge in [-0.25, -0.2) is 0 Å². The van der Waals surface area contributed by atoms with Gasteiger partial charge < -0.3 is 4.74 Å². The molecule has 0 aliphatic carbocycles. The normalized spacial score (nSPS) is 12.5. The second-order valence-electron chi connectivity index (χ2n) is 3.20. The van der Waals surface area contributed by atoms with Crippen LogP contribution in [0.4, 0.5) is 0 Å². The van der Waals surface area contributed by atoms with Crippen LogP contribution >= 0.6 is 11.6 Å². The number of ether oxygens (including phenoxy) is 1. The highest BCUT2D eigenvalue weighted by molar-refractivity contribution is 6.17. The fourth-order valence-corrected chi connectivity index (χ4v) is 1.48. The van der Waals surface area contributed by atoms with Crippen LogP contribution in [0.3, 0.4) is 0 Å². The highest BCUT2D eigenvalue weighted by atomic mass is 35.5. The zero-order valence-electron chi connectivity index (χ0n) is 8.51. The van der Waals surface area contributed by atoms with Crippen molar-refractivity contribution in [2.24, 2.45) is 0 Å². The number of hydrogen-bond donors (Lipinski definition) is 0. The molecule has 0 aromatic rings. The van der Waals surface area contributed by atoms with Crippen LogP contribution in [0.1, 0.15) is 46.0 Å². The molecule has 0 aliphatic rings. The van der Waals surface area contributed by atoms with Gasteiger partial charge in [0.2, 0.25) is 0 Å². The number of carbonyl (C=O) groups excluding carboxylic acids is 1. The van der Waals surface area contributed by atoms with Gasteiger partial charge >= 0.3 is 5.97 Å². The minimum absolute atomic E-state index is 0.0292. The summed E-state index contributed by atoms with van der Waals surface area (Å²) in [6.07, 6.45) is 5.24. The van der Waals surface area contributed by atoms with Gasteiger partial charge in [0.1, 0.15) is 6.10 Å². The minimum Gasteiger partial charge on any atom is -0.463 e. The van der Waals surface area contributed by atoms with Gasteiger partial charge in [-0.05, 0) is 19.3 Å². The summed E-state index contributed by atoms with van der Waals surface area (Å²) in [7, 11) is 0. The van der Waals surface area contributed by atoms with Crippen LogP contribution in [0.2, 0.25) is 0 Å². The topological polar surface area (TPSA) is 26.3 Å². The van der Waals surface area contributed by atoms with Gasteiger partial charge in [-0.15, -0.1) is 11.6 Å². The van der Waals surface area contributed by atoms with Crippen molar-refractivity contribution in [1.29, 1.82) is 0 Å². The summed E-state index contributed by atoms with van der Waals surface area (Å²) in [5, 5.41) is 0. The molecule has 1 unspecified atom stereocenters. The molecular formula is C10H19ClO2. The molecule has 2 nitrogen and oxygen atoms in total. The third-order valence-corrected chi connectivity index (χ3v) is 2.11. The predicted molar refractivity (Wildman–Crippen MR) is 55.0 cm³/mol. The van der Waals surface area contributed by atoms with Gasteiger partial charge in [0, 0.05) is 12.8 Å². The number of rotatable bonds is 7. The highest BCUT2D eigenvalue weighted by Crippen LogP contribution is 2.11. The van der Waals surface area contributed by atoms with Gasteiger partial charge in [0.25, 0.3) is 0 Å². The van der Waals surface area contributed by atoms with E-state index in [1.165, 1.54) is 19.8 Å². The lowest BCUT2D eigenvalue weighted by Gasteiger charge is -2.15. The Bertz CT molecular complexity index is 137. The summed E-state index contributed by atoms with van der Waals surface area (Å²) in [5.74, 6) is 0.357. The number of carbonyl (C=O) groups is 1. The fraction of sp³-hybridized carbons (Fsp3) is 0.900. The summed E-state index contributed by atoms with van der Waals surface area (Å²) < 4.78 is 5.11. The van der Waals surface area contributed by atoms with Crippen LogP contribution in [0.5, 0.6) is 0 Å². The maximum atomic E-state index is 10.7. The molecule has 1 atom stereocenters. The second kappa shape index (κ2) is 8.36. The quantitative estimate of drug-likeness (QED) is 0.364. The summed E-state index contributed by atoms with van der Waals surface area (Å²) in [5.41, 5.74) is 0. The van der Waals surface area contributed by atoms with Crippen LogP contribution in [0.25, 0.3) is 0 Å². The van der Waals surface area contributed by atoms with Crippen molar-refractivity contribution in [1.82, 2.24) is 0 Å². The van der Waals surface area contributed by atoms with Crippen molar-refractivity contribution in [3.63, 3.8) is 0 Å². The molecule has 0 fully saturated rings. The van der Waals surface area contributed by atoms with Gasteiger partial charge in [-0.3, -0.25) is 4.79 Å². The maximum Gasteiger partial charge on any atom is 0.302 e. The van der Waals surface area contributed by atoms with Crippen LogP contribution in [0.15, 0.2) is 0 Å². The number of alkyl halides is 1. The zero-order chi connectivity index (χ0) is 10.1. The summed E-state index contributed by atoms with van der Waals surface area (Å²) in [6, 6.07) is 0. The smallest absolute Gasteiger partial charge is 0.302 e. The average Bonchev–Trinajstić information content (AvgIpc) is 2.04. The molecule has 0 saturated carbocycles. The summed E-state index contributed by atoms with van der Waals surface area (Å²) in [4.78, 5) is 10.7. The highest BCUT2D eigenvalue weighted by Gasteiger charge is 2.10. The Morgan fingerprint density at radius 1 is 1.38 bits per heavy atom. The first-order valence-corrected chi connectivity index (χ1v) is 5.47. The molecule has 0 heterocycles. The van der Waals surface area contributed by atoms with Gasteiger partial charge in [0.15, 0.2) is 0 Å². The maximum absolute atomic E-state index is 10.7. The number of unbranched alkanes of at least 4 members (excludes halogenated alkanes) is 2. The lowest BCUT2D eigenvalue weighted by Crippen LogP contribution is -2.16. The van der Waals surface area contributed by atoms with Gasteiger partial charge in [-0.2, -0.15) is 0 Å². The molecule has 0 bridgehead atoms.